The van der Waals surface area contributed by atoms with Crippen LogP contribution < -0.4 is 10.6 Å². The van der Waals surface area contributed by atoms with E-state index in [0.29, 0.717) is 5.92 Å². The number of hydrogen-bond donors (Lipinski definition) is 3. The van der Waals surface area contributed by atoms with Crippen LogP contribution in [-0.2, 0) is 4.74 Å². The first-order valence-corrected chi connectivity index (χ1v) is 12.7. The summed E-state index contributed by atoms with van der Waals surface area (Å²) in [4.78, 5) is 17.0. The van der Waals surface area contributed by atoms with Crippen molar-refractivity contribution in [1.29, 1.82) is 0 Å². The molecule has 0 radical (unpaired) electrons. The number of ether oxygens (including phenoxy) is 1. The van der Waals surface area contributed by atoms with Crippen molar-refractivity contribution in [2.75, 3.05) is 5.32 Å². The fraction of sp³-hybridized carbons (Fsp3) is 0.600. The lowest BCUT2D eigenvalue weighted by Crippen LogP contribution is -2.68. The van der Waals surface area contributed by atoms with Crippen molar-refractivity contribution in [2.45, 2.75) is 81.8 Å². The number of rotatable bonds is 6. The monoisotopic (exact) mass is 461 g/mol. The van der Waals surface area contributed by atoms with Gasteiger partial charge in [0.1, 0.15) is 11.6 Å². The Labute approximate surface area is 198 Å². The highest BCUT2D eigenvalue weighted by Gasteiger charge is 2.57. The lowest BCUT2D eigenvalue weighted by Gasteiger charge is -2.61. The van der Waals surface area contributed by atoms with Crippen LogP contribution in [0.1, 0.15) is 81.5 Å². The Morgan fingerprint density at radius 3 is 2.79 bits per heavy atom. The van der Waals surface area contributed by atoms with Gasteiger partial charge in [-0.25, -0.2) is 14.3 Å². The number of fused-ring (bicyclic) bond motifs is 1. The molecule has 3 atom stereocenters. The maximum absolute atomic E-state index is 12.4. The zero-order valence-electron chi connectivity index (χ0n) is 19.5. The molecule has 0 aliphatic heterocycles. The largest absolute Gasteiger partial charge is 0.446 e. The minimum atomic E-state index is -0.246. The Hall–Kier alpha value is -3.10. The second kappa shape index (κ2) is 7.45. The van der Waals surface area contributed by atoms with E-state index in [1.165, 1.54) is 19.3 Å². The summed E-state index contributed by atoms with van der Waals surface area (Å²) < 4.78 is 7.74. The van der Waals surface area contributed by atoms with Crippen molar-refractivity contribution < 1.29 is 9.53 Å². The quantitative estimate of drug-likeness (QED) is 0.494. The van der Waals surface area contributed by atoms with Crippen LogP contribution in [-0.4, -0.2) is 42.5 Å². The molecule has 5 aliphatic rings. The number of anilines is 2. The van der Waals surface area contributed by atoms with E-state index in [1.807, 2.05) is 10.7 Å². The number of nitrogens with zero attached hydrogens (tertiary/aromatic N) is 4. The van der Waals surface area contributed by atoms with Gasteiger partial charge in [-0.05, 0) is 56.9 Å². The fourth-order valence-corrected chi connectivity index (χ4v) is 6.40. The van der Waals surface area contributed by atoms with Gasteiger partial charge in [0, 0.05) is 47.4 Å². The molecule has 178 valence electrons. The molecule has 3 aromatic rings. The van der Waals surface area contributed by atoms with Gasteiger partial charge in [-0.3, -0.25) is 5.10 Å². The van der Waals surface area contributed by atoms with Gasteiger partial charge in [0.2, 0.25) is 0 Å². The molecule has 0 unspecified atom stereocenters. The van der Waals surface area contributed by atoms with Crippen molar-refractivity contribution in [3.8, 4) is 0 Å². The topological polar surface area (TPSA) is 109 Å². The van der Waals surface area contributed by atoms with E-state index in [-0.39, 0.29) is 29.6 Å². The number of nitrogens with one attached hydrogen (secondary N) is 3. The van der Waals surface area contributed by atoms with E-state index in [9.17, 15) is 4.79 Å². The van der Waals surface area contributed by atoms with Crippen molar-refractivity contribution >= 4 is 23.2 Å². The highest BCUT2D eigenvalue weighted by molar-refractivity contribution is 5.72. The summed E-state index contributed by atoms with van der Waals surface area (Å²) in [5, 5.41) is 18.9. The highest BCUT2D eigenvalue weighted by atomic mass is 16.6. The number of carbonyl (C=O) groups is 1. The lowest BCUT2D eigenvalue weighted by molar-refractivity contribution is -0.0521. The van der Waals surface area contributed by atoms with Crippen LogP contribution in [0.4, 0.5) is 16.4 Å². The lowest BCUT2D eigenvalue weighted by atomic mass is 9.50. The summed E-state index contributed by atoms with van der Waals surface area (Å²) in [6, 6.07) is 4.20. The predicted octanol–water partition coefficient (Wildman–Crippen LogP) is 4.62. The number of carbonyl (C=O) groups excluding carboxylic acids is 1. The van der Waals surface area contributed by atoms with Crippen LogP contribution in [0.15, 0.2) is 24.5 Å². The molecule has 3 aromatic heterocycles. The molecule has 1 amide bonds. The molecule has 5 saturated carbocycles. The van der Waals surface area contributed by atoms with E-state index in [4.69, 9.17) is 9.84 Å². The smallest absolute Gasteiger partial charge is 0.407 e. The average molecular weight is 462 g/mol. The number of aromatic nitrogens is 5. The van der Waals surface area contributed by atoms with E-state index < -0.39 is 0 Å². The van der Waals surface area contributed by atoms with E-state index in [2.05, 4.69) is 44.9 Å². The highest BCUT2D eigenvalue weighted by Crippen LogP contribution is 2.57. The van der Waals surface area contributed by atoms with Gasteiger partial charge in [-0.2, -0.15) is 10.2 Å². The van der Waals surface area contributed by atoms with Crippen LogP contribution >= 0.6 is 0 Å². The Morgan fingerprint density at radius 1 is 1.21 bits per heavy atom. The average Bonchev–Trinajstić information content (AvgIpc) is 3.43. The SMILES string of the molecule is C[C@@H]1[C@@H](c2cc(Nc3nccn4nc(C5CCC5)cc34)n[nH]2)CC[C@H]1OC(=O)NC12CC(C1)C2. The van der Waals surface area contributed by atoms with Crippen LogP contribution in [0.25, 0.3) is 5.52 Å². The van der Waals surface area contributed by atoms with Gasteiger partial charge in [-0.15, -0.1) is 0 Å². The first-order valence-electron chi connectivity index (χ1n) is 12.7. The van der Waals surface area contributed by atoms with E-state index in [0.717, 1.165) is 66.6 Å². The number of hydrogen-bond acceptors (Lipinski definition) is 6. The third-order valence-electron chi connectivity index (χ3n) is 8.82. The Kier molecular flexibility index (Phi) is 4.45. The molecule has 0 aromatic carbocycles. The molecular formula is C25H31N7O2. The molecular weight excluding hydrogens is 430 g/mol. The normalized spacial score (nSPS) is 32.0. The Bertz CT molecular complexity index is 1230. The number of amides is 1. The van der Waals surface area contributed by atoms with Crippen molar-refractivity contribution in [3.63, 3.8) is 0 Å². The van der Waals surface area contributed by atoms with Gasteiger partial charge in [0.05, 0.1) is 5.69 Å². The summed E-state index contributed by atoms with van der Waals surface area (Å²) in [5.74, 6) is 3.40. The van der Waals surface area contributed by atoms with Crippen LogP contribution in [0, 0.1) is 11.8 Å². The first-order chi connectivity index (χ1) is 16.6. The predicted molar refractivity (Wildman–Crippen MR) is 126 cm³/mol. The number of H-pyrrole nitrogens is 1. The Morgan fingerprint density at radius 2 is 2.06 bits per heavy atom. The molecule has 0 saturated heterocycles. The molecule has 5 aliphatic carbocycles. The van der Waals surface area contributed by atoms with Crippen molar-refractivity contribution in [2.24, 2.45) is 11.8 Å². The minimum Gasteiger partial charge on any atom is -0.446 e. The third kappa shape index (κ3) is 3.27. The van der Waals surface area contributed by atoms with E-state index >= 15 is 0 Å². The molecule has 9 nitrogen and oxygen atoms in total. The fourth-order valence-electron chi connectivity index (χ4n) is 6.40. The molecule has 34 heavy (non-hydrogen) atoms. The van der Waals surface area contributed by atoms with Gasteiger partial charge in [0.25, 0.3) is 0 Å². The zero-order chi connectivity index (χ0) is 22.9. The van der Waals surface area contributed by atoms with Crippen LogP contribution in [0.2, 0.25) is 0 Å². The molecule has 0 spiro atoms. The summed E-state index contributed by atoms with van der Waals surface area (Å²) in [7, 11) is 0. The molecule has 9 heteroatoms. The summed E-state index contributed by atoms with van der Waals surface area (Å²) in [6.45, 7) is 2.17. The van der Waals surface area contributed by atoms with Crippen LogP contribution in [0.3, 0.4) is 0 Å². The summed E-state index contributed by atoms with van der Waals surface area (Å²) in [5.41, 5.74) is 3.23. The summed E-state index contributed by atoms with van der Waals surface area (Å²) >= 11 is 0. The minimum absolute atomic E-state index is 0.0536. The standard InChI is InChI=1S/C25H31N7O2/c1-14-17(5-6-21(14)34-24(33)28-25-11-15(12-25)13-25)19-10-22(30-29-19)27-23-20-9-18(16-3-2-4-16)31-32(20)8-7-26-23/h7-10,14-17,21H,2-6,11-13H2,1H3,(H,28,33)(H2,26,27,29,30)/t14-,15?,17+,21-,25?/m1/s1. The van der Waals surface area contributed by atoms with Gasteiger partial charge in [0.15, 0.2) is 11.6 Å². The maximum Gasteiger partial charge on any atom is 0.407 e. The van der Waals surface area contributed by atoms with Gasteiger partial charge >= 0.3 is 6.09 Å². The molecule has 3 N–H and O–H groups in total. The van der Waals surface area contributed by atoms with Crippen molar-refractivity contribution in [3.05, 3.63) is 35.9 Å². The second-order valence-corrected chi connectivity index (χ2v) is 11.0. The molecule has 3 heterocycles. The summed E-state index contributed by atoms with van der Waals surface area (Å²) in [6.07, 6.45) is 12.3. The number of aromatic amines is 1. The van der Waals surface area contributed by atoms with Gasteiger partial charge in [-0.1, -0.05) is 13.3 Å². The maximum atomic E-state index is 12.4. The molecule has 8 rings (SSSR count). The van der Waals surface area contributed by atoms with Crippen LogP contribution in [0.5, 0.6) is 0 Å². The molecule has 5 fully saturated rings. The molecule has 2 bridgehead atoms. The van der Waals surface area contributed by atoms with E-state index in [1.54, 1.807) is 6.20 Å². The first kappa shape index (κ1) is 20.3. The Balaban J connectivity index is 1.02. The van der Waals surface area contributed by atoms with Crippen molar-refractivity contribution in [1.82, 2.24) is 30.1 Å². The third-order valence-corrected chi connectivity index (χ3v) is 8.82. The second-order valence-electron chi connectivity index (χ2n) is 11.0. The number of alkyl carbamates (subject to hydrolysis) is 1. The van der Waals surface area contributed by atoms with Gasteiger partial charge < -0.3 is 15.4 Å². The zero-order valence-corrected chi connectivity index (χ0v) is 19.5.